The molecule has 0 saturated carbocycles. The van der Waals surface area contributed by atoms with Gasteiger partial charge in [0.05, 0.1) is 11.3 Å². The van der Waals surface area contributed by atoms with Crippen molar-refractivity contribution in [2.75, 3.05) is 37.3 Å². The number of carbonyl (C=O) groups is 2. The van der Waals surface area contributed by atoms with Crippen LogP contribution in [0.3, 0.4) is 0 Å². The first-order chi connectivity index (χ1) is 22.3. The van der Waals surface area contributed by atoms with E-state index in [2.05, 4.69) is 96.2 Å². The number of carbonyl (C=O) groups excluding carboxylic acids is 2. The Kier molecular flexibility index (Phi) is 8.50. The molecule has 2 fully saturated rings. The molecular formula is C37H48N8O2. The second kappa shape index (κ2) is 12.3. The molecule has 0 spiro atoms. The van der Waals surface area contributed by atoms with Crippen molar-refractivity contribution in [3.63, 3.8) is 0 Å². The Morgan fingerprint density at radius 1 is 1.06 bits per heavy atom. The van der Waals surface area contributed by atoms with E-state index in [4.69, 9.17) is 5.73 Å². The van der Waals surface area contributed by atoms with Crippen LogP contribution in [0.2, 0.25) is 0 Å². The number of fused-ring (bicyclic) bond motifs is 1. The molecule has 2 aromatic carbocycles. The van der Waals surface area contributed by atoms with Gasteiger partial charge in [0.1, 0.15) is 5.82 Å². The molecule has 2 saturated heterocycles. The number of pyridine rings is 1. The first-order valence-electron chi connectivity index (χ1n) is 16.7. The quantitative estimate of drug-likeness (QED) is 0.240. The molecule has 0 unspecified atom stereocenters. The van der Waals surface area contributed by atoms with E-state index in [1.807, 2.05) is 24.0 Å². The molecule has 0 radical (unpaired) electrons. The van der Waals surface area contributed by atoms with Gasteiger partial charge in [-0.25, -0.2) is 4.98 Å². The van der Waals surface area contributed by atoms with Gasteiger partial charge in [-0.15, -0.1) is 0 Å². The zero-order valence-electron chi connectivity index (χ0n) is 28.7. The number of hydrogen-bond donors (Lipinski definition) is 3. The maximum Gasteiger partial charge on any atom is 0.255 e. The number of likely N-dealkylation sites (tertiary alicyclic amines) is 2. The standard InChI is InChI=1S/C37H48N8O2/c1-8-45(30-18-36(3,4)43(7)37(5,6)19-30)29-12-11-24-15-26(10-9-25(24)16-29)35(47)44-14-13-28(22-44)41-34(46)31-17-27(20-39-33(31)38)32-21-40-42-23(32)2/h9-12,15-17,20-21,28,30H,8,13-14,18-19,22H2,1-7H3,(H2,38,39)(H,40,42)(H,41,46)/t28-/m1/s1. The number of nitrogen functional groups attached to an aromatic ring is 1. The summed E-state index contributed by atoms with van der Waals surface area (Å²) in [6.07, 6.45) is 6.28. The van der Waals surface area contributed by atoms with Gasteiger partial charge in [-0.2, -0.15) is 5.10 Å². The van der Waals surface area contributed by atoms with Crippen LogP contribution in [-0.4, -0.2) is 86.6 Å². The normalized spacial score (nSPS) is 19.6. The molecule has 4 heterocycles. The number of hydrogen-bond acceptors (Lipinski definition) is 7. The van der Waals surface area contributed by atoms with Gasteiger partial charge in [0.25, 0.3) is 11.8 Å². The Balaban J connectivity index is 1.12. The molecule has 4 aromatic rings. The minimum Gasteiger partial charge on any atom is -0.383 e. The number of H-pyrrole nitrogens is 1. The average molecular weight is 637 g/mol. The number of rotatable bonds is 7. The molecule has 248 valence electrons. The van der Waals surface area contributed by atoms with Gasteiger partial charge in [-0.1, -0.05) is 12.1 Å². The van der Waals surface area contributed by atoms with Crippen LogP contribution in [0.25, 0.3) is 21.9 Å². The second-order valence-corrected chi connectivity index (χ2v) is 14.5. The number of nitrogens with zero attached hydrogens (tertiary/aromatic N) is 5. The van der Waals surface area contributed by atoms with Gasteiger partial charge in [0.15, 0.2) is 0 Å². The van der Waals surface area contributed by atoms with Crippen molar-refractivity contribution in [3.05, 3.63) is 71.7 Å². The van der Waals surface area contributed by atoms with Gasteiger partial charge in [-0.3, -0.25) is 19.6 Å². The Morgan fingerprint density at radius 3 is 2.45 bits per heavy atom. The number of aromatic nitrogens is 3. The van der Waals surface area contributed by atoms with Gasteiger partial charge >= 0.3 is 0 Å². The highest BCUT2D eigenvalue weighted by Gasteiger charge is 2.44. The fourth-order valence-electron chi connectivity index (χ4n) is 7.70. The molecule has 10 heteroatoms. The molecule has 2 aliphatic heterocycles. The predicted molar refractivity (Wildman–Crippen MR) is 189 cm³/mol. The van der Waals surface area contributed by atoms with Crippen LogP contribution in [0.5, 0.6) is 0 Å². The summed E-state index contributed by atoms with van der Waals surface area (Å²) in [4.78, 5) is 38.0. The van der Waals surface area contributed by atoms with Crippen molar-refractivity contribution in [2.45, 2.75) is 84.0 Å². The molecule has 2 aromatic heterocycles. The lowest BCUT2D eigenvalue weighted by Gasteiger charge is -2.56. The molecule has 0 aliphatic carbocycles. The Hall–Kier alpha value is -4.44. The number of benzene rings is 2. The number of aryl methyl sites for hydroxylation is 1. The fourth-order valence-corrected chi connectivity index (χ4v) is 7.70. The van der Waals surface area contributed by atoms with Crippen LogP contribution >= 0.6 is 0 Å². The van der Waals surface area contributed by atoms with Crippen LogP contribution in [-0.2, 0) is 0 Å². The number of piperidine rings is 1. The predicted octanol–water partition coefficient (Wildman–Crippen LogP) is 5.64. The minimum absolute atomic E-state index is 0.0303. The van der Waals surface area contributed by atoms with E-state index in [1.54, 1.807) is 18.5 Å². The highest BCUT2D eigenvalue weighted by molar-refractivity contribution is 6.01. The molecule has 10 nitrogen and oxygen atoms in total. The molecule has 2 aliphatic rings. The maximum absolute atomic E-state index is 13.6. The van der Waals surface area contributed by atoms with Crippen molar-refractivity contribution < 1.29 is 9.59 Å². The monoisotopic (exact) mass is 636 g/mol. The lowest BCUT2D eigenvalue weighted by atomic mass is 9.77. The molecular weight excluding hydrogens is 588 g/mol. The number of aromatic amines is 1. The van der Waals surface area contributed by atoms with Crippen molar-refractivity contribution in [1.82, 2.24) is 30.3 Å². The maximum atomic E-state index is 13.6. The fraction of sp³-hybridized carbons (Fsp3) is 0.459. The van der Waals surface area contributed by atoms with E-state index in [-0.39, 0.29) is 34.8 Å². The van der Waals surface area contributed by atoms with Crippen molar-refractivity contribution in [1.29, 1.82) is 0 Å². The third-order valence-corrected chi connectivity index (χ3v) is 10.6. The molecule has 2 amide bonds. The summed E-state index contributed by atoms with van der Waals surface area (Å²) in [6, 6.07) is 14.6. The highest BCUT2D eigenvalue weighted by atomic mass is 16.2. The summed E-state index contributed by atoms with van der Waals surface area (Å²) in [6.45, 7) is 15.5. The summed E-state index contributed by atoms with van der Waals surface area (Å²) in [5.41, 5.74) is 10.9. The average Bonchev–Trinajstić information content (AvgIpc) is 3.68. The van der Waals surface area contributed by atoms with Crippen molar-refractivity contribution in [3.8, 4) is 11.1 Å². The number of nitrogens with one attached hydrogen (secondary N) is 2. The van der Waals surface area contributed by atoms with Crippen LogP contribution in [0, 0.1) is 6.92 Å². The van der Waals surface area contributed by atoms with E-state index in [0.29, 0.717) is 36.7 Å². The summed E-state index contributed by atoms with van der Waals surface area (Å²) >= 11 is 0. The van der Waals surface area contributed by atoms with Gasteiger partial charge < -0.3 is 20.9 Å². The van der Waals surface area contributed by atoms with Crippen LogP contribution in [0.1, 0.15) is 80.3 Å². The van der Waals surface area contributed by atoms with E-state index < -0.39 is 0 Å². The molecule has 0 bridgehead atoms. The number of amides is 2. The first-order valence-corrected chi connectivity index (χ1v) is 16.7. The van der Waals surface area contributed by atoms with Gasteiger partial charge in [-0.05, 0) is 109 Å². The van der Waals surface area contributed by atoms with Crippen LogP contribution < -0.4 is 16.0 Å². The largest absolute Gasteiger partial charge is 0.383 e. The Morgan fingerprint density at radius 2 is 1.77 bits per heavy atom. The summed E-state index contributed by atoms with van der Waals surface area (Å²) < 4.78 is 0. The summed E-state index contributed by atoms with van der Waals surface area (Å²) in [5.74, 6) is -0.164. The van der Waals surface area contributed by atoms with E-state index in [9.17, 15) is 9.59 Å². The third kappa shape index (κ3) is 6.31. The molecule has 47 heavy (non-hydrogen) atoms. The number of nitrogens with two attached hydrogens (primary N) is 1. The Labute approximate surface area is 277 Å². The summed E-state index contributed by atoms with van der Waals surface area (Å²) in [7, 11) is 2.25. The van der Waals surface area contributed by atoms with E-state index in [0.717, 1.165) is 47.0 Å². The van der Waals surface area contributed by atoms with Crippen LogP contribution in [0.4, 0.5) is 11.5 Å². The first kappa shape index (κ1) is 32.5. The topological polar surface area (TPSA) is 123 Å². The number of anilines is 2. The molecule has 6 rings (SSSR count). The SMILES string of the molecule is CCN(c1ccc2cc(C(=O)N3CC[C@@H](NC(=O)c4cc(-c5c[nH]nc5C)cnc4N)C3)ccc2c1)C1CC(C)(C)N(C)C(C)(C)C1. The molecule has 1 atom stereocenters. The zero-order chi connectivity index (χ0) is 33.7. The second-order valence-electron chi connectivity index (χ2n) is 14.5. The van der Waals surface area contributed by atoms with Gasteiger partial charge in [0, 0.05) is 77.6 Å². The van der Waals surface area contributed by atoms with Crippen molar-refractivity contribution >= 4 is 34.1 Å². The van der Waals surface area contributed by atoms with Gasteiger partial charge in [0.2, 0.25) is 0 Å². The minimum atomic E-state index is -0.299. The third-order valence-electron chi connectivity index (χ3n) is 10.6. The lowest BCUT2D eigenvalue weighted by Crippen LogP contribution is -2.62. The smallest absolute Gasteiger partial charge is 0.255 e. The lowest BCUT2D eigenvalue weighted by molar-refractivity contribution is -0.0125. The van der Waals surface area contributed by atoms with E-state index in [1.165, 1.54) is 5.69 Å². The summed E-state index contributed by atoms with van der Waals surface area (Å²) in [5, 5.41) is 12.2. The highest BCUT2D eigenvalue weighted by Crippen LogP contribution is 2.40. The Bertz CT molecular complexity index is 1790. The van der Waals surface area contributed by atoms with E-state index >= 15 is 0 Å². The molecule has 4 N–H and O–H groups in total. The van der Waals surface area contributed by atoms with Crippen molar-refractivity contribution in [2.24, 2.45) is 0 Å². The zero-order valence-corrected chi connectivity index (χ0v) is 28.7. The van der Waals surface area contributed by atoms with Crippen LogP contribution in [0.15, 0.2) is 54.9 Å².